The largest absolute Gasteiger partial charge is 0.342 e. The van der Waals surface area contributed by atoms with Crippen molar-refractivity contribution in [3.05, 3.63) is 36.4 Å². The monoisotopic (exact) mass is 436 g/mol. The summed E-state index contributed by atoms with van der Waals surface area (Å²) in [5.41, 5.74) is 3.14. The average molecular weight is 437 g/mol. The first-order chi connectivity index (χ1) is 15.6. The van der Waals surface area contributed by atoms with E-state index in [0.29, 0.717) is 5.91 Å². The summed E-state index contributed by atoms with van der Waals surface area (Å²) in [5, 5.41) is 0. The van der Waals surface area contributed by atoms with Crippen LogP contribution < -0.4 is 4.90 Å². The van der Waals surface area contributed by atoms with Crippen LogP contribution in [0.5, 0.6) is 0 Å². The number of carbonyl (C=O) groups excluding carboxylic acids is 1. The van der Waals surface area contributed by atoms with Crippen molar-refractivity contribution in [1.29, 1.82) is 0 Å². The molecule has 0 N–H and O–H groups in total. The third-order valence-electron chi connectivity index (χ3n) is 7.02. The zero-order valence-electron chi connectivity index (χ0n) is 19.7. The summed E-state index contributed by atoms with van der Waals surface area (Å²) in [5.74, 6) is 1.45. The van der Waals surface area contributed by atoms with Crippen LogP contribution in [0.15, 0.2) is 30.7 Å². The molecule has 2 aliphatic rings. The Morgan fingerprint density at radius 1 is 1.12 bits per heavy atom. The van der Waals surface area contributed by atoms with Crippen molar-refractivity contribution in [2.24, 2.45) is 5.92 Å². The molecule has 2 aromatic heterocycles. The molecule has 7 heteroatoms. The topological polar surface area (TPSA) is 65.5 Å². The number of piperidine rings is 1. The van der Waals surface area contributed by atoms with E-state index in [0.717, 1.165) is 87.7 Å². The van der Waals surface area contributed by atoms with Crippen molar-refractivity contribution in [3.8, 4) is 11.1 Å². The van der Waals surface area contributed by atoms with Gasteiger partial charge in [-0.1, -0.05) is 19.9 Å². The maximum Gasteiger partial charge on any atom is 0.225 e. The highest BCUT2D eigenvalue weighted by molar-refractivity contribution is 5.79. The third kappa shape index (κ3) is 4.93. The predicted octanol–water partition coefficient (Wildman–Crippen LogP) is 3.43. The van der Waals surface area contributed by atoms with Gasteiger partial charge >= 0.3 is 0 Å². The van der Waals surface area contributed by atoms with Crippen molar-refractivity contribution >= 4 is 11.9 Å². The van der Waals surface area contributed by atoms with E-state index in [4.69, 9.17) is 9.97 Å². The minimum atomic E-state index is 0.123. The lowest BCUT2D eigenvalue weighted by Gasteiger charge is -2.36. The molecule has 0 aromatic carbocycles. The van der Waals surface area contributed by atoms with Crippen molar-refractivity contribution in [2.45, 2.75) is 45.4 Å². The van der Waals surface area contributed by atoms with Crippen LogP contribution in [-0.2, 0) is 4.79 Å². The van der Waals surface area contributed by atoms with Crippen LogP contribution in [0.25, 0.3) is 11.1 Å². The molecule has 2 fully saturated rings. The molecule has 0 aliphatic carbocycles. The molecule has 0 unspecified atom stereocenters. The lowest BCUT2D eigenvalue weighted by atomic mass is 9.89. The SMILES string of the molecule is CCC(CC)C(=O)N1CCC[C@@H](c2nc(N3CCN(C)CC3)ncc2-c2cccnc2)C1. The Labute approximate surface area is 191 Å². The molecule has 2 aliphatic heterocycles. The molecule has 2 saturated heterocycles. The lowest BCUT2D eigenvalue weighted by molar-refractivity contribution is -0.137. The van der Waals surface area contributed by atoms with Crippen LogP contribution in [0.1, 0.15) is 51.1 Å². The third-order valence-corrected chi connectivity index (χ3v) is 7.02. The first-order valence-electron chi connectivity index (χ1n) is 12.1. The number of likely N-dealkylation sites (N-methyl/N-ethyl adjacent to an activating group) is 1. The Morgan fingerprint density at radius 2 is 1.91 bits per heavy atom. The molecule has 4 rings (SSSR count). The standard InChI is InChI=1S/C25H36N6O/c1-4-19(5-2)24(32)31-11-7-9-21(18-31)23-22(20-8-6-10-26-16-20)17-27-25(28-23)30-14-12-29(3)13-15-30/h6,8,10,16-17,19,21H,4-5,7,9,11-15,18H2,1-3H3/t21-/m1/s1. The number of hydrogen-bond donors (Lipinski definition) is 0. The summed E-state index contributed by atoms with van der Waals surface area (Å²) < 4.78 is 0. The molecule has 4 heterocycles. The number of rotatable bonds is 6. The number of carbonyl (C=O) groups is 1. The van der Waals surface area contributed by atoms with Gasteiger partial charge in [-0.05, 0) is 38.8 Å². The number of likely N-dealkylation sites (tertiary alicyclic amines) is 1. The highest BCUT2D eigenvalue weighted by Gasteiger charge is 2.31. The Kier molecular flexibility index (Phi) is 7.35. The first kappa shape index (κ1) is 22.6. The van der Waals surface area contributed by atoms with Crippen LogP contribution in [0.2, 0.25) is 0 Å². The number of pyridine rings is 1. The van der Waals surface area contributed by atoms with Gasteiger partial charge in [-0.2, -0.15) is 0 Å². The summed E-state index contributed by atoms with van der Waals surface area (Å²) in [4.78, 5) is 34.0. The zero-order valence-corrected chi connectivity index (χ0v) is 19.7. The van der Waals surface area contributed by atoms with E-state index >= 15 is 0 Å². The van der Waals surface area contributed by atoms with Gasteiger partial charge < -0.3 is 14.7 Å². The summed E-state index contributed by atoms with van der Waals surface area (Å²) in [7, 11) is 2.16. The molecule has 1 atom stereocenters. The molecule has 0 radical (unpaired) electrons. The predicted molar refractivity (Wildman–Crippen MR) is 128 cm³/mol. The number of amides is 1. The molecule has 0 bridgehead atoms. The molecule has 1 amide bonds. The van der Waals surface area contributed by atoms with Gasteiger partial charge in [0.05, 0.1) is 5.69 Å². The Bertz CT molecular complexity index is 893. The van der Waals surface area contributed by atoms with Crippen LogP contribution >= 0.6 is 0 Å². The van der Waals surface area contributed by atoms with Gasteiger partial charge in [-0.3, -0.25) is 9.78 Å². The van der Waals surface area contributed by atoms with Gasteiger partial charge in [-0.25, -0.2) is 9.97 Å². The second-order valence-corrected chi connectivity index (χ2v) is 9.14. The number of hydrogen-bond acceptors (Lipinski definition) is 6. The fraction of sp³-hybridized carbons (Fsp3) is 0.600. The van der Waals surface area contributed by atoms with E-state index in [9.17, 15) is 4.79 Å². The minimum absolute atomic E-state index is 0.123. The van der Waals surface area contributed by atoms with Crippen LogP contribution in [-0.4, -0.2) is 77.0 Å². The van der Waals surface area contributed by atoms with Crippen molar-refractivity contribution in [2.75, 3.05) is 51.2 Å². The Hall–Kier alpha value is -2.54. The maximum atomic E-state index is 13.1. The van der Waals surface area contributed by atoms with Crippen molar-refractivity contribution in [1.82, 2.24) is 24.8 Å². The number of nitrogens with zero attached hydrogens (tertiary/aromatic N) is 6. The lowest BCUT2D eigenvalue weighted by Crippen LogP contribution is -2.45. The summed E-state index contributed by atoms with van der Waals surface area (Å²) >= 11 is 0. The summed E-state index contributed by atoms with van der Waals surface area (Å²) in [6.45, 7) is 9.72. The Balaban J connectivity index is 1.65. The quantitative estimate of drug-likeness (QED) is 0.691. The van der Waals surface area contributed by atoms with E-state index in [-0.39, 0.29) is 11.8 Å². The van der Waals surface area contributed by atoms with Crippen molar-refractivity contribution in [3.63, 3.8) is 0 Å². The molecule has 0 spiro atoms. The molecular weight excluding hydrogens is 400 g/mol. The maximum absolute atomic E-state index is 13.1. The molecule has 7 nitrogen and oxygen atoms in total. The highest BCUT2D eigenvalue weighted by Crippen LogP contribution is 2.34. The van der Waals surface area contributed by atoms with E-state index in [1.165, 1.54) is 0 Å². The second-order valence-electron chi connectivity index (χ2n) is 9.14. The minimum Gasteiger partial charge on any atom is -0.342 e. The van der Waals surface area contributed by atoms with E-state index in [1.807, 2.05) is 18.5 Å². The highest BCUT2D eigenvalue weighted by atomic mass is 16.2. The fourth-order valence-electron chi connectivity index (χ4n) is 4.90. The normalized spacial score (nSPS) is 20.1. The average Bonchev–Trinajstić information content (AvgIpc) is 2.85. The molecule has 172 valence electrons. The summed E-state index contributed by atoms with van der Waals surface area (Å²) in [6.07, 6.45) is 9.49. The van der Waals surface area contributed by atoms with Gasteiger partial charge in [0.25, 0.3) is 0 Å². The number of aromatic nitrogens is 3. The van der Waals surface area contributed by atoms with E-state index in [2.05, 4.69) is 46.6 Å². The molecule has 0 saturated carbocycles. The second kappa shape index (κ2) is 10.4. The van der Waals surface area contributed by atoms with Gasteiger partial charge in [0.2, 0.25) is 11.9 Å². The van der Waals surface area contributed by atoms with Crippen LogP contribution in [0.3, 0.4) is 0 Å². The van der Waals surface area contributed by atoms with E-state index < -0.39 is 0 Å². The van der Waals surface area contributed by atoms with Crippen LogP contribution in [0, 0.1) is 5.92 Å². The van der Waals surface area contributed by atoms with Crippen molar-refractivity contribution < 1.29 is 4.79 Å². The Morgan fingerprint density at radius 3 is 2.59 bits per heavy atom. The van der Waals surface area contributed by atoms with Gasteiger partial charge in [0.15, 0.2) is 0 Å². The zero-order chi connectivity index (χ0) is 22.5. The van der Waals surface area contributed by atoms with E-state index in [1.54, 1.807) is 6.20 Å². The smallest absolute Gasteiger partial charge is 0.225 e. The van der Waals surface area contributed by atoms with Crippen LogP contribution in [0.4, 0.5) is 5.95 Å². The molecular formula is C25H36N6O. The molecule has 2 aromatic rings. The van der Waals surface area contributed by atoms with Gasteiger partial charge in [0.1, 0.15) is 0 Å². The summed E-state index contributed by atoms with van der Waals surface area (Å²) in [6, 6.07) is 4.03. The fourth-order valence-corrected chi connectivity index (χ4v) is 4.90. The number of piperazine rings is 1. The number of anilines is 1. The van der Waals surface area contributed by atoms with Gasteiger partial charge in [-0.15, -0.1) is 0 Å². The molecule has 32 heavy (non-hydrogen) atoms. The first-order valence-corrected chi connectivity index (χ1v) is 12.1. The van der Waals surface area contributed by atoms with Gasteiger partial charge in [0, 0.05) is 80.8 Å².